The van der Waals surface area contributed by atoms with Gasteiger partial charge in [0.05, 0.1) is 0 Å². The molecule has 1 fully saturated rings. The summed E-state index contributed by atoms with van der Waals surface area (Å²) in [6, 6.07) is 28.0. The molecule has 0 aliphatic carbocycles. The van der Waals surface area contributed by atoms with Gasteiger partial charge in [0.15, 0.2) is 10.8 Å². The summed E-state index contributed by atoms with van der Waals surface area (Å²) in [5, 5.41) is 33.4. The highest BCUT2D eigenvalue weighted by Gasteiger charge is 2.54. The number of anilines is 1. The molecule has 2 aliphatic heterocycles. The van der Waals surface area contributed by atoms with Gasteiger partial charge in [0.25, 0.3) is 11.8 Å². The van der Waals surface area contributed by atoms with E-state index in [-0.39, 0.29) is 17.0 Å². The van der Waals surface area contributed by atoms with Crippen LogP contribution >= 0.6 is 23.1 Å². The van der Waals surface area contributed by atoms with Crippen LogP contribution in [0.1, 0.15) is 43.2 Å². The number of ether oxygens (including phenoxy) is 1. The molecule has 3 aromatic carbocycles. The Morgan fingerprint density at radius 3 is 2.00 bits per heavy atom. The van der Waals surface area contributed by atoms with Crippen molar-refractivity contribution >= 4 is 70.1 Å². The van der Waals surface area contributed by atoms with Crippen LogP contribution in [-0.2, 0) is 43.9 Å². The van der Waals surface area contributed by atoms with Gasteiger partial charge in [0.2, 0.25) is 18.2 Å². The van der Waals surface area contributed by atoms with Gasteiger partial charge in [-0.2, -0.15) is 0 Å². The third-order valence-electron chi connectivity index (χ3n) is 9.07. The molecule has 3 amide bonds. The number of β-lactam (4-membered cyclic amide) rings is 1. The summed E-state index contributed by atoms with van der Waals surface area (Å²) in [4.78, 5) is 86.2. The second kappa shape index (κ2) is 16.7. The van der Waals surface area contributed by atoms with Crippen molar-refractivity contribution in [2.24, 2.45) is 5.16 Å². The fourth-order valence-corrected chi connectivity index (χ4v) is 8.40. The van der Waals surface area contributed by atoms with Gasteiger partial charge in [-0.15, -0.1) is 23.1 Å². The fraction of sp³-hybridized carbons (Fsp3) is 0.231. The van der Waals surface area contributed by atoms with Crippen LogP contribution in [0.4, 0.5) is 5.13 Å². The number of amides is 3. The number of aromatic nitrogens is 1. The molecule has 0 saturated carbocycles. The molecule has 16 nitrogen and oxygen atoms in total. The van der Waals surface area contributed by atoms with E-state index >= 15 is 0 Å². The number of hydrogen-bond acceptors (Lipinski definition) is 13. The number of carbonyl (C=O) groups is 6. The lowest BCUT2D eigenvalue weighted by Gasteiger charge is -2.49. The van der Waals surface area contributed by atoms with Crippen molar-refractivity contribution in [3.05, 3.63) is 130 Å². The SMILES string of the molecule is CC(=O)OC(NC(=O)C(=NOC(C)(C)C(=O)O)c1csc(NC(c2ccccc2)(c2ccccc2)c2ccccc2)n1)C1=C(C(=O)O)N2C(=O)[C@H](NC=O)[C@H]2SC1. The molecule has 3 heterocycles. The van der Waals surface area contributed by atoms with Crippen molar-refractivity contribution in [1.82, 2.24) is 20.5 Å². The summed E-state index contributed by atoms with van der Waals surface area (Å²) < 4.78 is 5.41. The third kappa shape index (κ3) is 8.08. The Labute approximate surface area is 333 Å². The molecule has 18 heteroatoms. The van der Waals surface area contributed by atoms with Crippen LogP contribution in [0.2, 0.25) is 0 Å². The average molecular weight is 813 g/mol. The first-order valence-electron chi connectivity index (χ1n) is 17.3. The van der Waals surface area contributed by atoms with Crippen LogP contribution in [0.15, 0.2) is 113 Å². The highest BCUT2D eigenvalue weighted by molar-refractivity contribution is 8.00. The van der Waals surface area contributed by atoms with Gasteiger partial charge in [-0.1, -0.05) is 96.2 Å². The number of nitrogens with one attached hydrogen (secondary N) is 3. The molecule has 3 atom stereocenters. The minimum atomic E-state index is -1.92. The van der Waals surface area contributed by atoms with Crippen molar-refractivity contribution in [2.45, 2.75) is 49.6 Å². The van der Waals surface area contributed by atoms with Crippen LogP contribution in [0.25, 0.3) is 0 Å². The Morgan fingerprint density at radius 2 is 1.51 bits per heavy atom. The van der Waals surface area contributed by atoms with Crippen LogP contribution in [0.3, 0.4) is 0 Å². The minimum absolute atomic E-state index is 0.0722. The van der Waals surface area contributed by atoms with Crippen molar-refractivity contribution in [3.63, 3.8) is 0 Å². The molecule has 1 saturated heterocycles. The average Bonchev–Trinajstić information content (AvgIpc) is 3.66. The fourth-order valence-electron chi connectivity index (χ4n) is 6.26. The highest BCUT2D eigenvalue weighted by Crippen LogP contribution is 2.42. The molecule has 6 rings (SSSR count). The lowest BCUT2D eigenvalue weighted by Crippen LogP contribution is -2.70. The van der Waals surface area contributed by atoms with E-state index in [0.717, 1.165) is 51.6 Å². The van der Waals surface area contributed by atoms with Crippen LogP contribution in [0.5, 0.6) is 0 Å². The summed E-state index contributed by atoms with van der Waals surface area (Å²) in [6.07, 6.45) is -1.41. The monoisotopic (exact) mass is 812 g/mol. The molecule has 5 N–H and O–H groups in total. The first-order chi connectivity index (χ1) is 27.3. The normalized spacial score (nSPS) is 17.4. The van der Waals surface area contributed by atoms with E-state index in [9.17, 15) is 39.0 Å². The molecule has 4 aromatic rings. The smallest absolute Gasteiger partial charge is 0.352 e. The third-order valence-corrected chi connectivity index (χ3v) is 11.1. The summed E-state index contributed by atoms with van der Waals surface area (Å²) in [7, 11) is 0. The van der Waals surface area contributed by atoms with Gasteiger partial charge < -0.3 is 35.7 Å². The van der Waals surface area contributed by atoms with Crippen LogP contribution in [-0.4, -0.2) is 90.9 Å². The highest BCUT2D eigenvalue weighted by atomic mass is 32.2. The number of carboxylic acid groups (broad SMARTS) is 2. The van der Waals surface area contributed by atoms with Gasteiger partial charge in [-0.3, -0.25) is 24.1 Å². The summed E-state index contributed by atoms with van der Waals surface area (Å²) in [5.41, 5.74) is -1.62. The van der Waals surface area contributed by atoms with Crippen LogP contribution in [0, 0.1) is 0 Å². The quantitative estimate of drug-likeness (QED) is 0.0208. The van der Waals surface area contributed by atoms with E-state index in [1.807, 2.05) is 91.0 Å². The topological polar surface area (TPSA) is 226 Å². The molecule has 0 radical (unpaired) electrons. The van der Waals surface area contributed by atoms with E-state index in [1.54, 1.807) is 0 Å². The number of carbonyl (C=O) groups excluding carboxylic acids is 4. The largest absolute Gasteiger partial charge is 0.478 e. The Hall–Kier alpha value is -6.53. The molecule has 2 aliphatic rings. The molecular weight excluding hydrogens is 777 g/mol. The molecule has 1 unspecified atom stereocenters. The van der Waals surface area contributed by atoms with Crippen molar-refractivity contribution in [1.29, 1.82) is 0 Å². The molecule has 1 aromatic heterocycles. The lowest BCUT2D eigenvalue weighted by atomic mass is 9.77. The Bertz CT molecular complexity index is 2150. The number of thioether (sulfide) groups is 1. The molecule has 0 spiro atoms. The second-order valence-electron chi connectivity index (χ2n) is 13.2. The number of esters is 1. The zero-order valence-electron chi connectivity index (χ0n) is 30.6. The predicted molar refractivity (Wildman–Crippen MR) is 209 cm³/mol. The summed E-state index contributed by atoms with van der Waals surface area (Å²) >= 11 is 2.20. The maximum absolute atomic E-state index is 14.2. The minimum Gasteiger partial charge on any atom is -0.478 e. The Balaban J connectivity index is 1.41. The number of fused-ring (bicyclic) bond motifs is 1. The maximum Gasteiger partial charge on any atom is 0.352 e. The lowest BCUT2D eigenvalue weighted by molar-refractivity contribution is -0.161. The molecular formula is C39H36N6O10S2. The number of carboxylic acids is 2. The van der Waals surface area contributed by atoms with E-state index in [2.05, 4.69) is 21.1 Å². The van der Waals surface area contributed by atoms with E-state index in [0.29, 0.717) is 11.5 Å². The van der Waals surface area contributed by atoms with Gasteiger partial charge in [0, 0.05) is 23.6 Å². The molecule has 294 valence electrons. The van der Waals surface area contributed by atoms with Gasteiger partial charge in [-0.05, 0) is 30.5 Å². The molecule has 0 bridgehead atoms. The Morgan fingerprint density at radius 1 is 0.947 bits per heavy atom. The van der Waals surface area contributed by atoms with Gasteiger partial charge >= 0.3 is 17.9 Å². The maximum atomic E-state index is 14.2. The van der Waals surface area contributed by atoms with E-state index < -0.39 is 69.9 Å². The molecule has 57 heavy (non-hydrogen) atoms. The van der Waals surface area contributed by atoms with Crippen LogP contribution < -0.4 is 16.0 Å². The first kappa shape index (κ1) is 40.1. The first-order valence-corrected chi connectivity index (χ1v) is 19.2. The number of oxime groups is 1. The standard InChI is InChI=1S/C39H36N6O10S2/c1-22(47)54-32(26-19-56-34-29(40-21-46)33(49)45(34)30(26)35(50)51)42-31(48)28(44-55-38(2,3)36(52)53)27-20-57-37(41-27)43-39(23-13-7-4-8-14-23,24-15-9-5-10-16-24)25-17-11-6-12-18-25/h4-18,20-21,29,32,34H,19H2,1-3H3,(H,40,46)(H,41,43)(H,42,48)(H,50,51)(H,52,53)/t29-,32?,34+/m0/s1. The van der Waals surface area contributed by atoms with Gasteiger partial charge in [-0.25, -0.2) is 14.6 Å². The number of aliphatic carboxylic acids is 2. The number of thiazole rings is 1. The zero-order valence-corrected chi connectivity index (χ0v) is 32.2. The predicted octanol–water partition coefficient (Wildman–Crippen LogP) is 3.50. The van der Waals surface area contributed by atoms with E-state index in [1.165, 1.54) is 19.2 Å². The zero-order chi connectivity index (χ0) is 40.9. The summed E-state index contributed by atoms with van der Waals surface area (Å²) in [6.45, 7) is 3.48. The van der Waals surface area contributed by atoms with Crippen molar-refractivity contribution in [3.8, 4) is 0 Å². The number of rotatable bonds is 16. The number of hydrogen-bond donors (Lipinski definition) is 5. The van der Waals surface area contributed by atoms with Crippen molar-refractivity contribution in [2.75, 3.05) is 11.1 Å². The summed E-state index contributed by atoms with van der Waals surface area (Å²) in [5.74, 6) is -5.77. The van der Waals surface area contributed by atoms with Crippen molar-refractivity contribution < 1.29 is 48.6 Å². The van der Waals surface area contributed by atoms with Gasteiger partial charge in [0.1, 0.15) is 28.3 Å². The number of nitrogens with zero attached hydrogens (tertiary/aromatic N) is 3. The van der Waals surface area contributed by atoms with E-state index in [4.69, 9.17) is 14.6 Å². The number of benzene rings is 3. The Kier molecular flexibility index (Phi) is 11.7. The second-order valence-corrected chi connectivity index (χ2v) is 15.1.